The number of aromatic nitrogens is 2. The molecule has 106 valence electrons. The number of benzene rings is 1. The van der Waals surface area contributed by atoms with Gasteiger partial charge in [-0.25, -0.2) is 4.98 Å². The summed E-state index contributed by atoms with van der Waals surface area (Å²) < 4.78 is 27.0. The first-order chi connectivity index (χ1) is 10.1. The van der Waals surface area contributed by atoms with Crippen LogP contribution in [0, 0.1) is 0 Å². The fraction of sp³-hybridized carbons (Fsp3) is 0. The minimum atomic E-state index is -3.82. The fourth-order valence-corrected chi connectivity index (χ4v) is 3.08. The maximum atomic E-state index is 12.3. The van der Waals surface area contributed by atoms with Crippen molar-refractivity contribution in [1.29, 1.82) is 0 Å². The maximum absolute atomic E-state index is 12.3. The van der Waals surface area contributed by atoms with E-state index in [4.69, 9.17) is 5.73 Å². The van der Waals surface area contributed by atoms with Crippen molar-refractivity contribution in [2.45, 2.75) is 5.03 Å². The Labute approximate surface area is 121 Å². The van der Waals surface area contributed by atoms with Crippen LogP contribution in [0.4, 0.5) is 11.4 Å². The molecular weight excluding hydrogens is 288 g/mol. The third-order valence-corrected chi connectivity index (χ3v) is 4.26. The van der Waals surface area contributed by atoms with Gasteiger partial charge in [0, 0.05) is 23.5 Å². The Kier molecular flexibility index (Phi) is 3.19. The zero-order valence-electron chi connectivity index (χ0n) is 10.9. The largest absolute Gasteiger partial charge is 0.396 e. The van der Waals surface area contributed by atoms with Gasteiger partial charge in [-0.15, -0.1) is 0 Å². The SMILES string of the molecule is Nc1cccnc1S(=O)(=O)Nc1ccc2ncccc2c1. The van der Waals surface area contributed by atoms with Crippen LogP contribution in [0.3, 0.4) is 0 Å². The lowest BCUT2D eigenvalue weighted by molar-refractivity contribution is 0.598. The van der Waals surface area contributed by atoms with E-state index in [-0.39, 0.29) is 10.7 Å². The van der Waals surface area contributed by atoms with Crippen molar-refractivity contribution in [3.63, 3.8) is 0 Å². The molecule has 0 amide bonds. The van der Waals surface area contributed by atoms with Crippen molar-refractivity contribution in [2.75, 3.05) is 10.5 Å². The monoisotopic (exact) mass is 300 g/mol. The number of nitrogen functional groups attached to an aromatic ring is 1. The molecule has 0 bridgehead atoms. The number of nitrogens with one attached hydrogen (secondary N) is 1. The smallest absolute Gasteiger partial charge is 0.281 e. The molecule has 0 spiro atoms. The molecule has 21 heavy (non-hydrogen) atoms. The van der Waals surface area contributed by atoms with Crippen molar-refractivity contribution in [3.05, 3.63) is 54.9 Å². The number of fused-ring (bicyclic) bond motifs is 1. The Hall–Kier alpha value is -2.67. The normalized spacial score (nSPS) is 11.4. The number of nitrogens with two attached hydrogens (primary N) is 1. The second-order valence-corrected chi connectivity index (χ2v) is 6.01. The van der Waals surface area contributed by atoms with Crippen molar-refractivity contribution >= 4 is 32.3 Å². The predicted molar refractivity (Wildman–Crippen MR) is 81.2 cm³/mol. The van der Waals surface area contributed by atoms with Crippen LogP contribution in [0.5, 0.6) is 0 Å². The van der Waals surface area contributed by atoms with Crippen molar-refractivity contribution in [1.82, 2.24) is 9.97 Å². The minimum absolute atomic E-state index is 0.104. The zero-order chi connectivity index (χ0) is 14.9. The molecule has 3 N–H and O–H groups in total. The fourth-order valence-electron chi connectivity index (χ4n) is 1.97. The topological polar surface area (TPSA) is 98.0 Å². The molecule has 0 saturated carbocycles. The summed E-state index contributed by atoms with van der Waals surface area (Å²) in [4.78, 5) is 8.00. The summed E-state index contributed by atoms with van der Waals surface area (Å²) in [6.07, 6.45) is 3.07. The van der Waals surface area contributed by atoms with Gasteiger partial charge in [0.25, 0.3) is 10.0 Å². The summed E-state index contributed by atoms with van der Waals surface area (Å²) >= 11 is 0. The highest BCUT2D eigenvalue weighted by Gasteiger charge is 2.18. The van der Waals surface area contributed by atoms with Crippen LogP contribution in [0.15, 0.2) is 59.9 Å². The van der Waals surface area contributed by atoms with Crippen molar-refractivity contribution in [2.24, 2.45) is 0 Å². The molecular formula is C14H12N4O2S. The van der Waals surface area contributed by atoms with E-state index in [1.807, 2.05) is 6.07 Å². The van der Waals surface area contributed by atoms with Gasteiger partial charge in [-0.2, -0.15) is 8.42 Å². The number of anilines is 2. The van der Waals surface area contributed by atoms with Crippen LogP contribution in [0.2, 0.25) is 0 Å². The summed E-state index contributed by atoms with van der Waals surface area (Å²) in [6, 6.07) is 11.8. The molecule has 1 aromatic carbocycles. The van der Waals surface area contributed by atoms with Gasteiger partial charge in [0.1, 0.15) is 0 Å². The number of sulfonamides is 1. The van der Waals surface area contributed by atoms with Gasteiger partial charge in [-0.1, -0.05) is 6.07 Å². The molecule has 0 fully saturated rings. The van der Waals surface area contributed by atoms with Crippen LogP contribution in [-0.2, 0) is 10.0 Å². The van der Waals surface area contributed by atoms with E-state index in [0.717, 1.165) is 10.9 Å². The van der Waals surface area contributed by atoms with E-state index in [1.165, 1.54) is 12.3 Å². The third-order valence-electron chi connectivity index (χ3n) is 2.91. The molecule has 2 aromatic heterocycles. The lowest BCUT2D eigenvalue weighted by Gasteiger charge is -2.09. The molecule has 0 radical (unpaired) electrons. The molecule has 3 rings (SSSR count). The standard InChI is InChI=1S/C14H12N4O2S/c15-12-4-2-8-17-14(12)21(19,20)18-11-5-6-13-10(9-11)3-1-7-16-13/h1-9,18H,15H2. The molecule has 0 aliphatic heterocycles. The Morgan fingerprint density at radius 1 is 1.00 bits per heavy atom. The van der Waals surface area contributed by atoms with Gasteiger partial charge in [-0.3, -0.25) is 9.71 Å². The summed E-state index contributed by atoms with van der Waals surface area (Å²) in [6.45, 7) is 0. The van der Waals surface area contributed by atoms with E-state index in [2.05, 4.69) is 14.7 Å². The van der Waals surface area contributed by atoms with Crippen molar-refractivity contribution in [3.8, 4) is 0 Å². The lowest BCUT2D eigenvalue weighted by atomic mass is 10.2. The average Bonchev–Trinajstić information content (AvgIpc) is 2.47. The number of hydrogen-bond acceptors (Lipinski definition) is 5. The first-order valence-corrected chi connectivity index (χ1v) is 7.63. The van der Waals surface area contributed by atoms with Crippen LogP contribution in [-0.4, -0.2) is 18.4 Å². The van der Waals surface area contributed by atoms with Gasteiger partial charge in [0.05, 0.1) is 11.2 Å². The Balaban J connectivity index is 1.99. The highest BCUT2D eigenvalue weighted by atomic mass is 32.2. The number of pyridine rings is 2. The van der Waals surface area contributed by atoms with E-state index in [9.17, 15) is 8.42 Å². The summed E-state index contributed by atoms with van der Waals surface area (Å²) in [5, 5.41) is 0.656. The second kappa shape index (κ2) is 5.02. The van der Waals surface area contributed by atoms with Gasteiger partial charge in [-0.05, 0) is 36.4 Å². The zero-order valence-corrected chi connectivity index (χ0v) is 11.7. The summed E-state index contributed by atoms with van der Waals surface area (Å²) in [5.74, 6) is 0. The number of rotatable bonds is 3. The number of hydrogen-bond donors (Lipinski definition) is 2. The first-order valence-electron chi connectivity index (χ1n) is 6.14. The van der Waals surface area contributed by atoms with Crippen LogP contribution < -0.4 is 10.5 Å². The van der Waals surface area contributed by atoms with Crippen LogP contribution in [0.25, 0.3) is 10.9 Å². The van der Waals surface area contributed by atoms with E-state index < -0.39 is 10.0 Å². The highest BCUT2D eigenvalue weighted by Crippen LogP contribution is 2.21. The predicted octanol–water partition coefficient (Wildman–Crippen LogP) is 2.01. The Bertz CT molecular complexity index is 910. The van der Waals surface area contributed by atoms with E-state index in [1.54, 1.807) is 36.5 Å². The molecule has 0 aliphatic carbocycles. The first kappa shape index (κ1) is 13.3. The molecule has 0 unspecified atom stereocenters. The van der Waals surface area contributed by atoms with E-state index >= 15 is 0 Å². The maximum Gasteiger partial charge on any atom is 0.281 e. The number of nitrogens with zero attached hydrogens (tertiary/aromatic N) is 2. The molecule has 2 heterocycles. The second-order valence-electron chi connectivity index (χ2n) is 4.41. The van der Waals surface area contributed by atoms with Gasteiger partial charge >= 0.3 is 0 Å². The van der Waals surface area contributed by atoms with Gasteiger partial charge < -0.3 is 5.73 Å². The molecule has 7 heteroatoms. The van der Waals surface area contributed by atoms with Crippen LogP contribution in [0.1, 0.15) is 0 Å². The molecule has 0 aliphatic rings. The van der Waals surface area contributed by atoms with Crippen molar-refractivity contribution < 1.29 is 8.42 Å². The van der Waals surface area contributed by atoms with Crippen LogP contribution >= 0.6 is 0 Å². The highest BCUT2D eigenvalue weighted by molar-refractivity contribution is 7.92. The molecule has 0 atom stereocenters. The average molecular weight is 300 g/mol. The third kappa shape index (κ3) is 2.63. The summed E-state index contributed by atoms with van der Waals surface area (Å²) in [7, 11) is -3.82. The molecule has 6 nitrogen and oxygen atoms in total. The van der Waals surface area contributed by atoms with Gasteiger partial charge in [0.15, 0.2) is 5.03 Å². The quantitative estimate of drug-likeness (QED) is 0.771. The lowest BCUT2D eigenvalue weighted by Crippen LogP contribution is -2.16. The summed E-state index contributed by atoms with van der Waals surface area (Å²) in [5.41, 5.74) is 6.98. The molecule has 3 aromatic rings. The van der Waals surface area contributed by atoms with Gasteiger partial charge in [0.2, 0.25) is 0 Å². The Morgan fingerprint density at radius 3 is 2.57 bits per heavy atom. The Morgan fingerprint density at radius 2 is 1.76 bits per heavy atom. The van der Waals surface area contributed by atoms with E-state index in [0.29, 0.717) is 5.69 Å². The molecule has 0 saturated heterocycles. The minimum Gasteiger partial charge on any atom is -0.396 e.